The first-order valence-electron chi connectivity index (χ1n) is 4.31. The maximum absolute atomic E-state index is 11.4. The Hall–Kier alpha value is -1.59. The maximum Gasteiger partial charge on any atom is 0.323 e. The number of carbonyl (C=O) groups excluding carboxylic acids is 1. The number of nitrogens with one attached hydrogen (secondary N) is 2. The molecule has 0 atom stereocenters. The van der Waals surface area contributed by atoms with E-state index in [2.05, 4.69) is 5.32 Å². The average molecular weight is 201 g/mol. The minimum Gasteiger partial charge on any atom is -0.480 e. The fourth-order valence-corrected chi connectivity index (χ4v) is 0.911. The van der Waals surface area contributed by atoms with Gasteiger partial charge in [-0.1, -0.05) is 6.92 Å². The van der Waals surface area contributed by atoms with Gasteiger partial charge in [0.25, 0.3) is 0 Å². The summed E-state index contributed by atoms with van der Waals surface area (Å²) in [6.45, 7) is 1.35. The van der Waals surface area contributed by atoms with Crippen LogP contribution in [-0.4, -0.2) is 41.4 Å². The smallest absolute Gasteiger partial charge is 0.323 e. The van der Waals surface area contributed by atoms with Gasteiger partial charge in [0.15, 0.2) is 5.96 Å². The first-order chi connectivity index (χ1) is 6.52. The Morgan fingerprint density at radius 2 is 2.07 bits per heavy atom. The number of hydrogen-bond donors (Lipinski definition) is 3. The van der Waals surface area contributed by atoms with E-state index in [-0.39, 0.29) is 18.3 Å². The van der Waals surface area contributed by atoms with Gasteiger partial charge < -0.3 is 10.4 Å². The molecule has 1 amide bonds. The topological polar surface area (TPSA) is 93.5 Å². The molecule has 0 aromatic rings. The zero-order valence-corrected chi connectivity index (χ0v) is 8.33. The molecule has 6 nitrogen and oxygen atoms in total. The zero-order chi connectivity index (χ0) is 11.1. The van der Waals surface area contributed by atoms with Crippen molar-refractivity contribution in [2.45, 2.75) is 19.8 Å². The summed E-state index contributed by atoms with van der Waals surface area (Å²) in [5, 5.41) is 18.3. The molecule has 0 spiro atoms. The molecule has 0 aliphatic heterocycles. The minimum absolute atomic E-state index is 0.189. The van der Waals surface area contributed by atoms with Crippen LogP contribution in [0.4, 0.5) is 0 Å². The third-order valence-corrected chi connectivity index (χ3v) is 1.57. The van der Waals surface area contributed by atoms with Crippen LogP contribution in [0.2, 0.25) is 0 Å². The van der Waals surface area contributed by atoms with Gasteiger partial charge in [0.1, 0.15) is 6.54 Å². The van der Waals surface area contributed by atoms with Gasteiger partial charge >= 0.3 is 5.97 Å². The fourth-order valence-electron chi connectivity index (χ4n) is 0.911. The summed E-state index contributed by atoms with van der Waals surface area (Å²) in [6, 6.07) is 0. The largest absolute Gasteiger partial charge is 0.480 e. The van der Waals surface area contributed by atoms with Crippen LogP contribution in [0.1, 0.15) is 19.8 Å². The normalized spacial score (nSPS) is 9.29. The van der Waals surface area contributed by atoms with Crippen molar-refractivity contribution in [2.24, 2.45) is 0 Å². The molecule has 3 N–H and O–H groups in total. The molecule has 0 aromatic heterocycles. The number of carbonyl (C=O) groups is 2. The summed E-state index contributed by atoms with van der Waals surface area (Å²) in [4.78, 5) is 22.7. The molecule has 80 valence electrons. The molecule has 0 aliphatic rings. The Morgan fingerprint density at radius 1 is 1.50 bits per heavy atom. The summed E-state index contributed by atoms with van der Waals surface area (Å²) in [7, 11) is 1.47. The molecule has 0 saturated heterocycles. The molecular formula is C8H15N3O3. The highest BCUT2D eigenvalue weighted by molar-refractivity contribution is 5.98. The van der Waals surface area contributed by atoms with Gasteiger partial charge in [0.05, 0.1) is 0 Å². The lowest BCUT2D eigenvalue weighted by Gasteiger charge is -2.20. The van der Waals surface area contributed by atoms with Gasteiger partial charge in [-0.05, 0) is 6.42 Å². The van der Waals surface area contributed by atoms with E-state index in [0.717, 1.165) is 4.90 Å². The number of aliphatic carboxylic acids is 1. The molecule has 6 heteroatoms. The lowest BCUT2D eigenvalue weighted by molar-refractivity contribution is -0.141. The molecule has 0 radical (unpaired) electrons. The number of guanidine groups is 1. The van der Waals surface area contributed by atoms with Gasteiger partial charge in [-0.25, -0.2) is 0 Å². The second-order valence-electron chi connectivity index (χ2n) is 2.72. The quantitative estimate of drug-likeness (QED) is 0.435. The molecule has 0 fully saturated rings. The number of rotatable bonds is 4. The van der Waals surface area contributed by atoms with Crippen LogP contribution in [0.15, 0.2) is 0 Å². The van der Waals surface area contributed by atoms with E-state index < -0.39 is 12.5 Å². The summed E-state index contributed by atoms with van der Waals surface area (Å²) in [6.07, 6.45) is 0.878. The molecule has 0 rings (SSSR count). The van der Waals surface area contributed by atoms with Crippen molar-refractivity contribution in [3.8, 4) is 0 Å². The van der Waals surface area contributed by atoms with Crippen molar-refractivity contribution in [3.05, 3.63) is 0 Å². The SMILES string of the molecule is CCCC(=O)N(CC(=O)O)C(=N)NC. The Balaban J connectivity index is 4.45. The zero-order valence-electron chi connectivity index (χ0n) is 8.33. The van der Waals surface area contributed by atoms with Crippen molar-refractivity contribution < 1.29 is 14.7 Å². The summed E-state index contributed by atoms with van der Waals surface area (Å²) in [5.41, 5.74) is 0. The average Bonchev–Trinajstić information content (AvgIpc) is 2.13. The second kappa shape index (κ2) is 5.95. The van der Waals surface area contributed by atoms with Crippen LogP contribution in [0, 0.1) is 5.41 Å². The molecule has 0 saturated carbocycles. The highest BCUT2D eigenvalue weighted by Gasteiger charge is 2.19. The van der Waals surface area contributed by atoms with Gasteiger partial charge in [-0.2, -0.15) is 0 Å². The monoisotopic (exact) mass is 201 g/mol. The third-order valence-electron chi connectivity index (χ3n) is 1.57. The van der Waals surface area contributed by atoms with E-state index in [1.807, 2.05) is 6.92 Å². The van der Waals surface area contributed by atoms with E-state index in [1.54, 1.807) is 0 Å². The van der Waals surface area contributed by atoms with Crippen LogP contribution in [0.25, 0.3) is 0 Å². The predicted octanol–water partition coefficient (Wildman–Crippen LogP) is -0.146. The summed E-state index contributed by atoms with van der Waals surface area (Å²) < 4.78 is 0. The van der Waals surface area contributed by atoms with Crippen molar-refractivity contribution >= 4 is 17.8 Å². The first-order valence-corrected chi connectivity index (χ1v) is 4.31. The van der Waals surface area contributed by atoms with Gasteiger partial charge in [0, 0.05) is 13.5 Å². The Labute approximate surface area is 82.4 Å². The number of nitrogens with zero attached hydrogens (tertiary/aromatic N) is 1. The molecular weight excluding hydrogens is 186 g/mol. The summed E-state index contributed by atoms with van der Waals surface area (Å²) >= 11 is 0. The highest BCUT2D eigenvalue weighted by Crippen LogP contribution is 1.97. The van der Waals surface area contributed by atoms with Crippen LogP contribution >= 0.6 is 0 Å². The number of hydrogen-bond acceptors (Lipinski definition) is 3. The van der Waals surface area contributed by atoms with E-state index >= 15 is 0 Å². The predicted molar refractivity (Wildman–Crippen MR) is 51.0 cm³/mol. The van der Waals surface area contributed by atoms with E-state index in [1.165, 1.54) is 7.05 Å². The molecule has 0 heterocycles. The molecule has 0 aliphatic carbocycles. The lowest BCUT2D eigenvalue weighted by Crippen LogP contribution is -2.45. The Bertz CT molecular complexity index is 240. The number of carboxylic acids is 1. The molecule has 0 unspecified atom stereocenters. The molecule has 14 heavy (non-hydrogen) atoms. The fraction of sp³-hybridized carbons (Fsp3) is 0.625. The lowest BCUT2D eigenvalue weighted by atomic mass is 10.3. The van der Waals surface area contributed by atoms with Crippen LogP contribution < -0.4 is 5.32 Å². The minimum atomic E-state index is -1.13. The van der Waals surface area contributed by atoms with E-state index in [0.29, 0.717) is 6.42 Å². The van der Waals surface area contributed by atoms with Gasteiger partial charge in [-0.15, -0.1) is 0 Å². The highest BCUT2D eigenvalue weighted by atomic mass is 16.4. The third kappa shape index (κ3) is 3.88. The molecule has 0 aromatic carbocycles. The van der Waals surface area contributed by atoms with E-state index in [4.69, 9.17) is 10.5 Å². The Kier molecular flexibility index (Phi) is 5.28. The number of carboxylic acid groups (broad SMARTS) is 1. The van der Waals surface area contributed by atoms with E-state index in [9.17, 15) is 9.59 Å². The standard InChI is InChI=1S/C8H15N3O3/c1-3-4-6(12)11(5-7(13)14)8(9)10-2/h3-5H2,1-2H3,(H2,9,10)(H,13,14). The van der Waals surface area contributed by atoms with Gasteiger partial charge in [-0.3, -0.25) is 19.9 Å². The second-order valence-corrected chi connectivity index (χ2v) is 2.72. The van der Waals surface area contributed by atoms with Crippen molar-refractivity contribution in [1.82, 2.24) is 10.2 Å². The van der Waals surface area contributed by atoms with Crippen molar-refractivity contribution in [1.29, 1.82) is 5.41 Å². The van der Waals surface area contributed by atoms with Crippen LogP contribution in [0.3, 0.4) is 0 Å². The van der Waals surface area contributed by atoms with Crippen molar-refractivity contribution in [2.75, 3.05) is 13.6 Å². The molecule has 0 bridgehead atoms. The first kappa shape index (κ1) is 12.4. The van der Waals surface area contributed by atoms with Crippen molar-refractivity contribution in [3.63, 3.8) is 0 Å². The summed E-state index contributed by atoms with van der Waals surface area (Å²) in [5.74, 6) is -1.67. The van der Waals surface area contributed by atoms with Gasteiger partial charge in [0.2, 0.25) is 5.91 Å². The Morgan fingerprint density at radius 3 is 2.43 bits per heavy atom. The number of amides is 1. The van der Waals surface area contributed by atoms with Crippen LogP contribution in [-0.2, 0) is 9.59 Å². The van der Waals surface area contributed by atoms with Crippen LogP contribution in [0.5, 0.6) is 0 Å². The maximum atomic E-state index is 11.4.